The molecular formula is C11H18N2OS. The largest absolute Gasteiger partial charge is 0.340 e. The highest BCUT2D eigenvalue weighted by molar-refractivity contribution is 7.80. The molecule has 3 nitrogen and oxygen atoms in total. The van der Waals surface area contributed by atoms with Crippen molar-refractivity contribution in [3.05, 3.63) is 0 Å². The molecule has 0 radical (unpaired) electrons. The molecule has 1 saturated heterocycles. The highest BCUT2D eigenvalue weighted by Crippen LogP contribution is 2.26. The second-order valence-corrected chi connectivity index (χ2v) is 4.72. The minimum absolute atomic E-state index is 0.203. The van der Waals surface area contributed by atoms with E-state index in [0.29, 0.717) is 12.6 Å². The molecule has 1 aliphatic heterocycles. The molecule has 2 fully saturated rings. The van der Waals surface area contributed by atoms with Gasteiger partial charge in [-0.2, -0.15) is 0 Å². The van der Waals surface area contributed by atoms with Crippen molar-refractivity contribution >= 4 is 23.2 Å². The van der Waals surface area contributed by atoms with E-state index in [1.165, 1.54) is 19.3 Å². The van der Waals surface area contributed by atoms with E-state index in [1.807, 2.05) is 16.7 Å². The van der Waals surface area contributed by atoms with Crippen molar-refractivity contribution in [2.45, 2.75) is 45.1 Å². The molecule has 0 atom stereocenters. The van der Waals surface area contributed by atoms with Crippen LogP contribution in [0.1, 0.15) is 39.0 Å². The van der Waals surface area contributed by atoms with Crippen LogP contribution in [0.4, 0.5) is 0 Å². The third-order valence-electron chi connectivity index (χ3n) is 3.39. The normalized spacial score (nSPS) is 24.1. The van der Waals surface area contributed by atoms with E-state index in [9.17, 15) is 4.79 Å². The van der Waals surface area contributed by atoms with Gasteiger partial charge in [-0.15, -0.1) is 0 Å². The lowest BCUT2D eigenvalue weighted by Gasteiger charge is -2.31. The Labute approximate surface area is 96.4 Å². The van der Waals surface area contributed by atoms with Crippen LogP contribution >= 0.6 is 12.2 Å². The molecule has 1 saturated carbocycles. The Morgan fingerprint density at radius 1 is 1.33 bits per heavy atom. The van der Waals surface area contributed by atoms with Crippen molar-refractivity contribution < 1.29 is 4.79 Å². The first-order valence-electron chi connectivity index (χ1n) is 5.85. The Hall–Kier alpha value is -0.640. The minimum Gasteiger partial charge on any atom is -0.340 e. The molecule has 84 valence electrons. The lowest BCUT2D eigenvalue weighted by molar-refractivity contribution is -0.126. The van der Waals surface area contributed by atoms with Gasteiger partial charge in [0.15, 0.2) is 5.11 Å². The zero-order valence-corrected chi connectivity index (χ0v) is 10.1. The minimum atomic E-state index is 0.203. The van der Waals surface area contributed by atoms with Crippen LogP contribution < -0.4 is 0 Å². The summed E-state index contributed by atoms with van der Waals surface area (Å²) in [4.78, 5) is 15.7. The van der Waals surface area contributed by atoms with Crippen LogP contribution in [0, 0.1) is 0 Å². The van der Waals surface area contributed by atoms with Crippen LogP contribution in [-0.2, 0) is 4.79 Å². The van der Waals surface area contributed by atoms with Gasteiger partial charge >= 0.3 is 0 Å². The molecule has 0 bridgehead atoms. The first kappa shape index (κ1) is 10.9. The van der Waals surface area contributed by atoms with E-state index in [4.69, 9.17) is 12.2 Å². The maximum Gasteiger partial charge on any atom is 0.248 e. The fourth-order valence-corrected chi connectivity index (χ4v) is 2.96. The standard InChI is InChI=1S/C11H18N2OS/c1-2-12-8-10(14)13(11(12)15)9-6-4-3-5-7-9/h9H,2-8H2,1H3. The number of amides is 1. The smallest absolute Gasteiger partial charge is 0.248 e. The summed E-state index contributed by atoms with van der Waals surface area (Å²) < 4.78 is 0. The molecule has 4 heteroatoms. The van der Waals surface area contributed by atoms with Crippen LogP contribution in [0.25, 0.3) is 0 Å². The van der Waals surface area contributed by atoms with Gasteiger partial charge in [0.1, 0.15) is 0 Å². The Balaban J connectivity index is 2.07. The first-order chi connectivity index (χ1) is 7.24. The van der Waals surface area contributed by atoms with Crippen LogP contribution in [0.2, 0.25) is 0 Å². The zero-order chi connectivity index (χ0) is 10.8. The van der Waals surface area contributed by atoms with E-state index in [1.54, 1.807) is 0 Å². The van der Waals surface area contributed by atoms with Gasteiger partial charge in [-0.25, -0.2) is 0 Å². The number of thiocarbonyl (C=S) groups is 1. The van der Waals surface area contributed by atoms with Gasteiger partial charge in [0, 0.05) is 12.6 Å². The first-order valence-corrected chi connectivity index (χ1v) is 6.26. The molecule has 1 aliphatic carbocycles. The Bertz CT molecular complexity index is 274. The molecule has 2 aliphatic rings. The average Bonchev–Trinajstić information content (AvgIpc) is 2.55. The number of hydrogen-bond donors (Lipinski definition) is 0. The quantitative estimate of drug-likeness (QED) is 0.670. The van der Waals surface area contributed by atoms with Crippen molar-refractivity contribution in [1.82, 2.24) is 9.80 Å². The van der Waals surface area contributed by atoms with Crippen LogP contribution in [-0.4, -0.2) is 40.0 Å². The number of likely N-dealkylation sites (N-methyl/N-ethyl adjacent to an activating group) is 1. The van der Waals surface area contributed by atoms with Gasteiger partial charge in [0.25, 0.3) is 0 Å². The summed E-state index contributed by atoms with van der Waals surface area (Å²) in [7, 11) is 0. The molecule has 1 heterocycles. The molecule has 1 amide bonds. The van der Waals surface area contributed by atoms with Crippen LogP contribution in [0.15, 0.2) is 0 Å². The second-order valence-electron chi connectivity index (χ2n) is 4.35. The van der Waals surface area contributed by atoms with E-state index in [-0.39, 0.29) is 5.91 Å². The zero-order valence-electron chi connectivity index (χ0n) is 9.24. The van der Waals surface area contributed by atoms with Crippen molar-refractivity contribution in [3.8, 4) is 0 Å². The molecule has 0 spiro atoms. The number of hydrogen-bond acceptors (Lipinski definition) is 2. The Morgan fingerprint density at radius 2 is 2.00 bits per heavy atom. The average molecular weight is 226 g/mol. The lowest BCUT2D eigenvalue weighted by Crippen LogP contribution is -2.42. The summed E-state index contributed by atoms with van der Waals surface area (Å²) in [5, 5.41) is 0.759. The number of rotatable bonds is 2. The topological polar surface area (TPSA) is 23.6 Å². The second kappa shape index (κ2) is 4.47. The monoisotopic (exact) mass is 226 g/mol. The summed E-state index contributed by atoms with van der Waals surface area (Å²) in [6, 6.07) is 0.385. The third kappa shape index (κ3) is 2.00. The fraction of sp³-hybridized carbons (Fsp3) is 0.818. The highest BCUT2D eigenvalue weighted by atomic mass is 32.1. The predicted molar refractivity (Wildman–Crippen MR) is 63.6 cm³/mol. The molecular weight excluding hydrogens is 208 g/mol. The summed E-state index contributed by atoms with van der Waals surface area (Å²) in [6.07, 6.45) is 6.04. The summed E-state index contributed by atoms with van der Waals surface area (Å²) in [5.74, 6) is 0.203. The maximum absolute atomic E-state index is 11.9. The highest BCUT2D eigenvalue weighted by Gasteiger charge is 2.36. The van der Waals surface area contributed by atoms with Gasteiger partial charge in [-0.05, 0) is 32.0 Å². The van der Waals surface area contributed by atoms with Crippen molar-refractivity contribution in [2.75, 3.05) is 13.1 Å². The Kier molecular flexibility index (Phi) is 3.24. The van der Waals surface area contributed by atoms with Crippen LogP contribution in [0.5, 0.6) is 0 Å². The Morgan fingerprint density at radius 3 is 2.53 bits per heavy atom. The lowest BCUT2D eigenvalue weighted by atomic mass is 9.94. The molecule has 0 aromatic heterocycles. The van der Waals surface area contributed by atoms with E-state index in [0.717, 1.165) is 24.5 Å². The van der Waals surface area contributed by atoms with Gasteiger partial charge in [-0.1, -0.05) is 19.3 Å². The van der Waals surface area contributed by atoms with Crippen LogP contribution in [0.3, 0.4) is 0 Å². The van der Waals surface area contributed by atoms with Crippen molar-refractivity contribution in [3.63, 3.8) is 0 Å². The fourth-order valence-electron chi connectivity index (χ4n) is 2.51. The molecule has 0 aromatic carbocycles. The third-order valence-corrected chi connectivity index (χ3v) is 3.85. The van der Waals surface area contributed by atoms with E-state index >= 15 is 0 Å². The molecule has 0 N–H and O–H groups in total. The summed E-state index contributed by atoms with van der Waals surface area (Å²) in [5.41, 5.74) is 0. The predicted octanol–water partition coefficient (Wildman–Crippen LogP) is 1.77. The van der Waals surface area contributed by atoms with E-state index in [2.05, 4.69) is 0 Å². The van der Waals surface area contributed by atoms with E-state index < -0.39 is 0 Å². The van der Waals surface area contributed by atoms with Gasteiger partial charge in [0.2, 0.25) is 5.91 Å². The summed E-state index contributed by atoms with van der Waals surface area (Å²) >= 11 is 5.35. The SMILES string of the molecule is CCN1CC(=O)N(C2CCCCC2)C1=S. The number of carbonyl (C=O) groups is 1. The van der Waals surface area contributed by atoms with Gasteiger partial charge < -0.3 is 4.90 Å². The van der Waals surface area contributed by atoms with Gasteiger partial charge in [-0.3, -0.25) is 9.69 Å². The van der Waals surface area contributed by atoms with Crippen molar-refractivity contribution in [1.29, 1.82) is 0 Å². The molecule has 0 aromatic rings. The summed E-state index contributed by atoms with van der Waals surface area (Å²) in [6.45, 7) is 3.38. The maximum atomic E-state index is 11.9. The molecule has 15 heavy (non-hydrogen) atoms. The molecule has 2 rings (SSSR count). The molecule has 0 unspecified atom stereocenters. The van der Waals surface area contributed by atoms with Crippen molar-refractivity contribution in [2.24, 2.45) is 0 Å². The number of nitrogens with zero attached hydrogens (tertiary/aromatic N) is 2. The number of carbonyl (C=O) groups excluding carboxylic acids is 1. The van der Waals surface area contributed by atoms with Gasteiger partial charge in [0.05, 0.1) is 6.54 Å².